The first kappa shape index (κ1) is 20.3. The summed E-state index contributed by atoms with van der Waals surface area (Å²) >= 11 is 0. The SMILES string of the molecule is CN1CCN(c2cc(C(N)=O)ccc2-c2c(S(=O)(=O)O)ccc3ccccc23)CC1. The number of nitrogens with two attached hydrogens (primary N) is 1. The molecule has 8 heteroatoms. The van der Waals surface area contributed by atoms with E-state index in [0.29, 0.717) is 22.1 Å². The van der Waals surface area contributed by atoms with Gasteiger partial charge in [0, 0.05) is 48.6 Å². The number of amides is 1. The van der Waals surface area contributed by atoms with Gasteiger partial charge in [0.2, 0.25) is 5.91 Å². The van der Waals surface area contributed by atoms with Crippen LogP contribution in [0.5, 0.6) is 0 Å². The van der Waals surface area contributed by atoms with E-state index in [-0.39, 0.29) is 4.90 Å². The Morgan fingerprint density at radius 3 is 2.37 bits per heavy atom. The highest BCUT2D eigenvalue weighted by Gasteiger charge is 2.25. The fraction of sp³-hybridized carbons (Fsp3) is 0.227. The summed E-state index contributed by atoms with van der Waals surface area (Å²) < 4.78 is 34.4. The number of piperazine rings is 1. The Balaban J connectivity index is 2.03. The molecule has 0 aromatic heterocycles. The minimum atomic E-state index is -4.47. The number of rotatable bonds is 4. The molecular formula is C22H23N3O4S. The van der Waals surface area contributed by atoms with Crippen molar-refractivity contribution in [3.05, 3.63) is 60.2 Å². The number of hydrogen-bond donors (Lipinski definition) is 2. The van der Waals surface area contributed by atoms with Gasteiger partial charge in [-0.2, -0.15) is 8.42 Å². The standard InChI is InChI=1S/C22H23N3O4S/c1-24-10-12-25(13-11-24)19-14-16(22(23)26)6-8-18(19)21-17-5-3-2-4-15(17)7-9-20(21)30(27,28)29/h2-9,14H,10-13H2,1H3,(H2,23,26)(H,27,28,29). The van der Waals surface area contributed by atoms with Gasteiger partial charge < -0.3 is 15.5 Å². The number of anilines is 1. The van der Waals surface area contributed by atoms with E-state index in [4.69, 9.17) is 5.73 Å². The van der Waals surface area contributed by atoms with Gasteiger partial charge in [0.25, 0.3) is 10.1 Å². The molecule has 0 aliphatic carbocycles. The van der Waals surface area contributed by atoms with Crippen LogP contribution in [0.1, 0.15) is 10.4 Å². The second kappa shape index (κ2) is 7.71. The summed E-state index contributed by atoms with van der Waals surface area (Å²) in [7, 11) is -2.43. The molecule has 156 valence electrons. The van der Waals surface area contributed by atoms with Crippen molar-refractivity contribution in [1.29, 1.82) is 0 Å². The fourth-order valence-corrected chi connectivity index (χ4v) is 4.67. The van der Waals surface area contributed by atoms with E-state index in [0.717, 1.165) is 37.3 Å². The molecule has 1 saturated heterocycles. The van der Waals surface area contributed by atoms with Crippen LogP contribution in [-0.2, 0) is 10.1 Å². The summed E-state index contributed by atoms with van der Waals surface area (Å²) in [4.78, 5) is 16.0. The normalized spacial score (nSPS) is 15.5. The third-order valence-corrected chi connectivity index (χ3v) is 6.46. The van der Waals surface area contributed by atoms with Crippen molar-refractivity contribution in [2.45, 2.75) is 4.90 Å². The number of carbonyl (C=O) groups excluding carboxylic acids is 1. The van der Waals surface area contributed by atoms with Gasteiger partial charge >= 0.3 is 0 Å². The summed E-state index contributed by atoms with van der Waals surface area (Å²) in [6.45, 7) is 3.11. The molecule has 1 heterocycles. The zero-order valence-corrected chi connectivity index (χ0v) is 17.4. The van der Waals surface area contributed by atoms with E-state index in [1.165, 1.54) is 6.07 Å². The summed E-state index contributed by atoms with van der Waals surface area (Å²) in [5, 5.41) is 1.55. The van der Waals surface area contributed by atoms with Gasteiger partial charge in [0.05, 0.1) is 0 Å². The van der Waals surface area contributed by atoms with Crippen molar-refractivity contribution in [2.24, 2.45) is 5.73 Å². The van der Waals surface area contributed by atoms with Crippen molar-refractivity contribution in [2.75, 3.05) is 38.1 Å². The molecule has 7 nitrogen and oxygen atoms in total. The first-order valence-electron chi connectivity index (χ1n) is 9.62. The van der Waals surface area contributed by atoms with Crippen molar-refractivity contribution >= 4 is 32.5 Å². The lowest BCUT2D eigenvalue weighted by molar-refractivity contribution is 0.100. The number of fused-ring (bicyclic) bond motifs is 1. The molecule has 0 atom stereocenters. The lowest BCUT2D eigenvalue weighted by Gasteiger charge is -2.35. The van der Waals surface area contributed by atoms with Crippen molar-refractivity contribution in [1.82, 2.24) is 4.90 Å². The molecule has 30 heavy (non-hydrogen) atoms. The lowest BCUT2D eigenvalue weighted by Crippen LogP contribution is -2.44. The molecule has 3 aromatic rings. The highest BCUT2D eigenvalue weighted by atomic mass is 32.2. The third kappa shape index (κ3) is 3.77. The molecule has 0 radical (unpaired) electrons. The van der Waals surface area contributed by atoms with E-state index >= 15 is 0 Å². The largest absolute Gasteiger partial charge is 0.368 e. The smallest absolute Gasteiger partial charge is 0.295 e. The lowest BCUT2D eigenvalue weighted by atomic mass is 9.95. The topological polar surface area (TPSA) is 104 Å². The first-order chi connectivity index (χ1) is 14.3. The van der Waals surface area contributed by atoms with Crippen LogP contribution in [0.2, 0.25) is 0 Å². The Labute approximate surface area is 175 Å². The maximum absolute atomic E-state index is 12.2. The summed E-state index contributed by atoms with van der Waals surface area (Å²) in [6, 6.07) is 15.5. The van der Waals surface area contributed by atoms with Crippen LogP contribution in [0.25, 0.3) is 21.9 Å². The predicted molar refractivity (Wildman–Crippen MR) is 117 cm³/mol. The van der Waals surface area contributed by atoms with Gasteiger partial charge in [-0.1, -0.05) is 36.4 Å². The second-order valence-electron chi connectivity index (χ2n) is 7.52. The molecule has 4 rings (SSSR count). The zero-order chi connectivity index (χ0) is 21.5. The van der Waals surface area contributed by atoms with Gasteiger partial charge in [0.1, 0.15) is 4.90 Å². The highest BCUT2D eigenvalue weighted by molar-refractivity contribution is 7.86. The van der Waals surface area contributed by atoms with E-state index in [9.17, 15) is 17.8 Å². The van der Waals surface area contributed by atoms with Gasteiger partial charge in [-0.05, 0) is 36.0 Å². The second-order valence-corrected chi connectivity index (χ2v) is 8.91. The molecule has 1 amide bonds. The molecule has 1 fully saturated rings. The van der Waals surface area contributed by atoms with E-state index < -0.39 is 16.0 Å². The molecule has 3 N–H and O–H groups in total. The van der Waals surface area contributed by atoms with Gasteiger partial charge in [0.15, 0.2) is 0 Å². The maximum Gasteiger partial charge on any atom is 0.295 e. The summed E-state index contributed by atoms with van der Waals surface area (Å²) in [5.41, 5.74) is 7.63. The summed E-state index contributed by atoms with van der Waals surface area (Å²) in [6.07, 6.45) is 0. The van der Waals surface area contributed by atoms with Crippen LogP contribution in [0, 0.1) is 0 Å². The van der Waals surface area contributed by atoms with Crippen molar-refractivity contribution in [3.63, 3.8) is 0 Å². The van der Waals surface area contributed by atoms with Crippen LogP contribution in [0.3, 0.4) is 0 Å². The molecule has 0 bridgehead atoms. The van der Waals surface area contributed by atoms with Crippen molar-refractivity contribution in [3.8, 4) is 11.1 Å². The third-order valence-electron chi connectivity index (χ3n) is 5.56. The van der Waals surface area contributed by atoms with Crippen LogP contribution in [-0.4, -0.2) is 57.0 Å². The number of primary amides is 1. The average molecular weight is 426 g/mol. The Morgan fingerprint density at radius 2 is 1.70 bits per heavy atom. The van der Waals surface area contributed by atoms with Crippen LogP contribution < -0.4 is 10.6 Å². The fourth-order valence-electron chi connectivity index (χ4n) is 3.95. The van der Waals surface area contributed by atoms with Crippen LogP contribution >= 0.6 is 0 Å². The van der Waals surface area contributed by atoms with Crippen LogP contribution in [0.15, 0.2) is 59.5 Å². The Hall–Kier alpha value is -2.94. The Bertz CT molecular complexity index is 1230. The predicted octanol–water partition coefficient (Wildman–Crippen LogP) is 2.60. The number of carbonyl (C=O) groups is 1. The molecule has 0 saturated carbocycles. The van der Waals surface area contributed by atoms with Gasteiger partial charge in [-0.15, -0.1) is 0 Å². The van der Waals surface area contributed by atoms with E-state index in [1.807, 2.05) is 31.3 Å². The van der Waals surface area contributed by atoms with Gasteiger partial charge in [-0.25, -0.2) is 0 Å². The average Bonchev–Trinajstić information content (AvgIpc) is 2.72. The zero-order valence-electron chi connectivity index (χ0n) is 16.6. The highest BCUT2D eigenvalue weighted by Crippen LogP contribution is 2.40. The molecule has 1 aliphatic rings. The Morgan fingerprint density at radius 1 is 1.00 bits per heavy atom. The minimum Gasteiger partial charge on any atom is -0.368 e. The van der Waals surface area contributed by atoms with Crippen LogP contribution in [0.4, 0.5) is 5.69 Å². The molecular weight excluding hydrogens is 402 g/mol. The van der Waals surface area contributed by atoms with E-state index in [1.54, 1.807) is 24.3 Å². The molecule has 0 unspecified atom stereocenters. The van der Waals surface area contributed by atoms with Crippen molar-refractivity contribution < 1.29 is 17.8 Å². The first-order valence-corrected chi connectivity index (χ1v) is 11.1. The molecule has 0 spiro atoms. The number of likely N-dealkylation sites (N-methyl/N-ethyl adjacent to an activating group) is 1. The van der Waals surface area contributed by atoms with E-state index in [2.05, 4.69) is 9.80 Å². The number of hydrogen-bond acceptors (Lipinski definition) is 5. The molecule has 1 aliphatic heterocycles. The maximum atomic E-state index is 12.2. The number of benzene rings is 3. The van der Waals surface area contributed by atoms with Gasteiger partial charge in [-0.3, -0.25) is 9.35 Å². The summed E-state index contributed by atoms with van der Waals surface area (Å²) in [5.74, 6) is -0.551. The quantitative estimate of drug-likeness (QED) is 0.623. The number of nitrogens with zero attached hydrogens (tertiary/aromatic N) is 2. The molecule has 3 aromatic carbocycles. The monoisotopic (exact) mass is 425 g/mol. The minimum absolute atomic E-state index is 0.164. The Kier molecular flexibility index (Phi) is 5.23.